The molecule has 0 bridgehead atoms. The van der Waals surface area contributed by atoms with Crippen molar-refractivity contribution in [2.24, 2.45) is 11.7 Å². The molecule has 1 saturated heterocycles. The van der Waals surface area contributed by atoms with Gasteiger partial charge < -0.3 is 15.4 Å². The standard InChI is InChI=1S/C12H20N4O/c1-10(7-13)6-11-8-14-9-15-12(11)16-2-4-17-5-3-16/h8-10H,2-7,13H2,1H3. The molecule has 1 atom stereocenters. The van der Waals surface area contributed by atoms with E-state index in [0.717, 1.165) is 38.5 Å². The molecular weight excluding hydrogens is 216 g/mol. The van der Waals surface area contributed by atoms with Gasteiger partial charge in [-0.25, -0.2) is 9.97 Å². The summed E-state index contributed by atoms with van der Waals surface area (Å²) in [5, 5.41) is 0. The monoisotopic (exact) mass is 236 g/mol. The summed E-state index contributed by atoms with van der Waals surface area (Å²) in [5.74, 6) is 1.50. The fourth-order valence-corrected chi connectivity index (χ4v) is 2.01. The Bertz CT molecular complexity index is 352. The van der Waals surface area contributed by atoms with Crippen LogP contribution in [-0.4, -0.2) is 42.8 Å². The Labute approximate surface area is 102 Å². The van der Waals surface area contributed by atoms with Crippen molar-refractivity contribution < 1.29 is 4.74 Å². The van der Waals surface area contributed by atoms with Gasteiger partial charge in [-0.15, -0.1) is 0 Å². The van der Waals surface area contributed by atoms with E-state index in [0.29, 0.717) is 12.5 Å². The highest BCUT2D eigenvalue weighted by atomic mass is 16.5. The van der Waals surface area contributed by atoms with Crippen LogP contribution in [0.2, 0.25) is 0 Å². The molecule has 1 aliphatic heterocycles. The van der Waals surface area contributed by atoms with E-state index >= 15 is 0 Å². The number of morpholine rings is 1. The molecule has 5 heteroatoms. The summed E-state index contributed by atoms with van der Waals surface area (Å²) in [6, 6.07) is 0. The van der Waals surface area contributed by atoms with Crippen molar-refractivity contribution in [3.8, 4) is 0 Å². The molecule has 0 radical (unpaired) electrons. The van der Waals surface area contributed by atoms with E-state index in [-0.39, 0.29) is 0 Å². The van der Waals surface area contributed by atoms with E-state index in [1.165, 1.54) is 5.56 Å². The lowest BCUT2D eigenvalue weighted by Gasteiger charge is -2.29. The van der Waals surface area contributed by atoms with Gasteiger partial charge in [0.1, 0.15) is 12.1 Å². The zero-order valence-electron chi connectivity index (χ0n) is 10.3. The van der Waals surface area contributed by atoms with Crippen LogP contribution >= 0.6 is 0 Å². The van der Waals surface area contributed by atoms with E-state index in [2.05, 4.69) is 21.8 Å². The van der Waals surface area contributed by atoms with Gasteiger partial charge in [0.25, 0.3) is 0 Å². The van der Waals surface area contributed by atoms with Crippen molar-refractivity contribution in [1.29, 1.82) is 0 Å². The third-order valence-electron chi connectivity index (χ3n) is 3.05. The number of nitrogens with zero attached hydrogens (tertiary/aromatic N) is 3. The molecule has 17 heavy (non-hydrogen) atoms. The maximum Gasteiger partial charge on any atom is 0.135 e. The summed E-state index contributed by atoms with van der Waals surface area (Å²) in [6.07, 6.45) is 4.45. The zero-order valence-corrected chi connectivity index (χ0v) is 10.3. The molecule has 1 aromatic heterocycles. The average Bonchev–Trinajstić information content (AvgIpc) is 2.40. The van der Waals surface area contributed by atoms with E-state index in [1.54, 1.807) is 6.33 Å². The predicted octanol–water partition coefficient (Wildman–Crippen LogP) is 0.450. The minimum absolute atomic E-state index is 0.459. The highest BCUT2D eigenvalue weighted by molar-refractivity contribution is 5.45. The van der Waals surface area contributed by atoms with Crippen LogP contribution in [0.4, 0.5) is 5.82 Å². The highest BCUT2D eigenvalue weighted by Gasteiger charge is 2.17. The first kappa shape index (κ1) is 12.3. The summed E-state index contributed by atoms with van der Waals surface area (Å²) in [4.78, 5) is 10.8. The smallest absolute Gasteiger partial charge is 0.135 e. The summed E-state index contributed by atoms with van der Waals surface area (Å²) in [6.45, 7) is 6.20. The third-order valence-corrected chi connectivity index (χ3v) is 3.05. The molecule has 94 valence electrons. The van der Waals surface area contributed by atoms with E-state index < -0.39 is 0 Å². The van der Waals surface area contributed by atoms with Crippen LogP contribution in [0.1, 0.15) is 12.5 Å². The molecule has 1 aliphatic rings. The number of hydrogen-bond acceptors (Lipinski definition) is 5. The number of aromatic nitrogens is 2. The van der Waals surface area contributed by atoms with Crippen molar-refractivity contribution in [3.05, 3.63) is 18.1 Å². The lowest BCUT2D eigenvalue weighted by atomic mass is 10.0. The molecule has 2 heterocycles. The molecule has 0 spiro atoms. The Balaban J connectivity index is 2.14. The molecule has 0 amide bonds. The largest absolute Gasteiger partial charge is 0.378 e. The minimum Gasteiger partial charge on any atom is -0.378 e. The van der Waals surface area contributed by atoms with Crippen molar-refractivity contribution in [3.63, 3.8) is 0 Å². The highest BCUT2D eigenvalue weighted by Crippen LogP contribution is 2.20. The lowest BCUT2D eigenvalue weighted by Crippen LogP contribution is -2.37. The maximum atomic E-state index is 5.67. The normalized spacial score (nSPS) is 18.1. The van der Waals surface area contributed by atoms with Gasteiger partial charge in [0, 0.05) is 24.8 Å². The number of hydrogen-bond donors (Lipinski definition) is 1. The Hall–Kier alpha value is -1.20. The van der Waals surface area contributed by atoms with Gasteiger partial charge in [-0.3, -0.25) is 0 Å². The van der Waals surface area contributed by atoms with Crippen LogP contribution < -0.4 is 10.6 Å². The second-order valence-electron chi connectivity index (χ2n) is 4.52. The molecule has 1 aromatic rings. The second-order valence-corrected chi connectivity index (χ2v) is 4.52. The van der Waals surface area contributed by atoms with Gasteiger partial charge in [0.15, 0.2) is 0 Å². The lowest BCUT2D eigenvalue weighted by molar-refractivity contribution is 0.122. The van der Waals surface area contributed by atoms with E-state index in [1.807, 2.05) is 6.20 Å². The fraction of sp³-hybridized carbons (Fsp3) is 0.667. The van der Waals surface area contributed by atoms with Crippen molar-refractivity contribution in [2.45, 2.75) is 13.3 Å². The van der Waals surface area contributed by atoms with Crippen LogP contribution in [0.5, 0.6) is 0 Å². The SMILES string of the molecule is CC(CN)Cc1cncnc1N1CCOCC1. The van der Waals surface area contributed by atoms with Crippen molar-refractivity contribution >= 4 is 5.82 Å². The molecule has 1 unspecified atom stereocenters. The first-order valence-corrected chi connectivity index (χ1v) is 6.13. The van der Waals surface area contributed by atoms with Crippen LogP contribution in [0.15, 0.2) is 12.5 Å². The van der Waals surface area contributed by atoms with Gasteiger partial charge in [-0.05, 0) is 18.9 Å². The Morgan fingerprint density at radius 2 is 2.24 bits per heavy atom. The summed E-state index contributed by atoms with van der Waals surface area (Å²) >= 11 is 0. The first-order chi connectivity index (χ1) is 8.31. The van der Waals surface area contributed by atoms with Gasteiger partial charge in [0.05, 0.1) is 13.2 Å². The van der Waals surface area contributed by atoms with E-state index in [4.69, 9.17) is 10.5 Å². The molecule has 2 N–H and O–H groups in total. The molecule has 0 aliphatic carbocycles. The molecular formula is C12H20N4O. The molecule has 1 fully saturated rings. The topological polar surface area (TPSA) is 64.3 Å². The van der Waals surface area contributed by atoms with Crippen LogP contribution in [0.3, 0.4) is 0 Å². The summed E-state index contributed by atoms with van der Waals surface area (Å²) < 4.78 is 5.36. The van der Waals surface area contributed by atoms with Gasteiger partial charge >= 0.3 is 0 Å². The van der Waals surface area contributed by atoms with Crippen molar-refractivity contribution in [1.82, 2.24) is 9.97 Å². The van der Waals surface area contributed by atoms with Gasteiger partial charge in [-0.1, -0.05) is 6.92 Å². The molecule has 2 rings (SSSR count). The minimum atomic E-state index is 0.459. The first-order valence-electron chi connectivity index (χ1n) is 6.13. The average molecular weight is 236 g/mol. The predicted molar refractivity (Wildman–Crippen MR) is 67.0 cm³/mol. The molecule has 0 aromatic carbocycles. The molecule has 0 saturated carbocycles. The fourth-order valence-electron chi connectivity index (χ4n) is 2.01. The van der Waals surface area contributed by atoms with Crippen LogP contribution in [0, 0.1) is 5.92 Å². The summed E-state index contributed by atoms with van der Waals surface area (Å²) in [7, 11) is 0. The third kappa shape index (κ3) is 3.14. The number of ether oxygens (including phenoxy) is 1. The van der Waals surface area contributed by atoms with Crippen molar-refractivity contribution in [2.75, 3.05) is 37.7 Å². The number of anilines is 1. The van der Waals surface area contributed by atoms with E-state index in [9.17, 15) is 0 Å². The Kier molecular flexibility index (Phi) is 4.28. The maximum absolute atomic E-state index is 5.67. The quantitative estimate of drug-likeness (QED) is 0.822. The van der Waals surface area contributed by atoms with Gasteiger partial charge in [0.2, 0.25) is 0 Å². The number of rotatable bonds is 4. The molecule has 5 nitrogen and oxygen atoms in total. The zero-order chi connectivity index (χ0) is 12.1. The second kappa shape index (κ2) is 5.93. The van der Waals surface area contributed by atoms with Gasteiger partial charge in [-0.2, -0.15) is 0 Å². The van der Waals surface area contributed by atoms with Crippen LogP contribution in [-0.2, 0) is 11.2 Å². The Morgan fingerprint density at radius 3 is 2.94 bits per heavy atom. The summed E-state index contributed by atoms with van der Waals surface area (Å²) in [5.41, 5.74) is 6.86. The Morgan fingerprint density at radius 1 is 1.47 bits per heavy atom. The number of nitrogens with two attached hydrogens (primary N) is 1. The van der Waals surface area contributed by atoms with Crippen LogP contribution in [0.25, 0.3) is 0 Å².